The molecule has 88 valence electrons. The molecule has 2 rings (SSSR count). The fourth-order valence-electron chi connectivity index (χ4n) is 1.69. The van der Waals surface area contributed by atoms with Crippen molar-refractivity contribution in [2.45, 2.75) is 13.5 Å². The molecule has 0 spiro atoms. The van der Waals surface area contributed by atoms with Crippen LogP contribution in [0.25, 0.3) is 11.3 Å². The molecule has 2 heterocycles. The second kappa shape index (κ2) is 4.71. The number of aryl methyl sites for hydroxylation is 1. The molecular weight excluding hydrogens is 280 g/mol. The lowest BCUT2D eigenvalue weighted by molar-refractivity contribution is 0.792. The van der Waals surface area contributed by atoms with E-state index in [0.29, 0.717) is 12.4 Å². The number of allylic oxidation sites excluding steroid dienone is 1. The summed E-state index contributed by atoms with van der Waals surface area (Å²) in [6.45, 7) is 6.29. The van der Waals surface area contributed by atoms with E-state index in [0.717, 1.165) is 21.6 Å². The lowest BCUT2D eigenvalue weighted by Crippen LogP contribution is -2.03. The highest BCUT2D eigenvalue weighted by atomic mass is 79.9. The predicted molar refractivity (Wildman–Crippen MR) is 72.5 cm³/mol. The van der Waals surface area contributed by atoms with Crippen molar-refractivity contribution < 1.29 is 0 Å². The quantitative estimate of drug-likeness (QED) is 0.885. The molecule has 17 heavy (non-hydrogen) atoms. The largest absolute Gasteiger partial charge is 0.383 e. The Bertz CT molecular complexity index is 560. The first-order valence-electron chi connectivity index (χ1n) is 5.18. The van der Waals surface area contributed by atoms with Crippen LogP contribution in [0, 0.1) is 6.92 Å². The number of nitrogens with zero attached hydrogens (tertiary/aromatic N) is 3. The van der Waals surface area contributed by atoms with Crippen LogP contribution in [0.1, 0.15) is 5.82 Å². The van der Waals surface area contributed by atoms with E-state index in [1.165, 1.54) is 0 Å². The summed E-state index contributed by atoms with van der Waals surface area (Å²) in [5.74, 6) is 1.51. The highest BCUT2D eigenvalue weighted by molar-refractivity contribution is 9.10. The van der Waals surface area contributed by atoms with Gasteiger partial charge < -0.3 is 10.3 Å². The van der Waals surface area contributed by atoms with E-state index >= 15 is 0 Å². The Morgan fingerprint density at radius 3 is 2.94 bits per heavy atom. The van der Waals surface area contributed by atoms with Crippen LogP contribution >= 0.6 is 15.9 Å². The van der Waals surface area contributed by atoms with E-state index in [4.69, 9.17) is 5.73 Å². The van der Waals surface area contributed by atoms with Crippen molar-refractivity contribution in [2.75, 3.05) is 5.73 Å². The molecular formula is C12H13BrN4. The molecule has 0 aliphatic carbocycles. The third-order valence-electron chi connectivity index (χ3n) is 2.49. The SMILES string of the molecule is C=CCn1c(C)nc(-c2cncc(Br)c2)c1N. The summed E-state index contributed by atoms with van der Waals surface area (Å²) in [6, 6.07) is 1.95. The first-order valence-corrected chi connectivity index (χ1v) is 5.97. The number of rotatable bonds is 3. The number of imidazole rings is 1. The Balaban J connectivity index is 2.53. The number of pyridine rings is 1. The monoisotopic (exact) mass is 292 g/mol. The van der Waals surface area contributed by atoms with Crippen LogP contribution in [0.5, 0.6) is 0 Å². The molecule has 0 amide bonds. The predicted octanol–water partition coefficient (Wildman–Crippen LogP) is 2.78. The molecule has 2 N–H and O–H groups in total. The fourth-order valence-corrected chi connectivity index (χ4v) is 2.06. The van der Waals surface area contributed by atoms with Crippen molar-refractivity contribution in [3.63, 3.8) is 0 Å². The smallest absolute Gasteiger partial charge is 0.132 e. The molecule has 0 saturated heterocycles. The van der Waals surface area contributed by atoms with E-state index in [1.807, 2.05) is 17.6 Å². The first-order chi connectivity index (χ1) is 8.13. The van der Waals surface area contributed by atoms with Gasteiger partial charge in [0.15, 0.2) is 0 Å². The fraction of sp³-hybridized carbons (Fsp3) is 0.167. The van der Waals surface area contributed by atoms with Crippen molar-refractivity contribution in [1.29, 1.82) is 0 Å². The lowest BCUT2D eigenvalue weighted by Gasteiger charge is -2.04. The third kappa shape index (κ3) is 2.24. The zero-order valence-electron chi connectivity index (χ0n) is 9.52. The molecule has 4 nitrogen and oxygen atoms in total. The molecule has 0 atom stereocenters. The van der Waals surface area contributed by atoms with Crippen LogP contribution < -0.4 is 5.73 Å². The van der Waals surface area contributed by atoms with Crippen molar-refractivity contribution in [2.24, 2.45) is 0 Å². The van der Waals surface area contributed by atoms with Crippen LogP contribution in [0.3, 0.4) is 0 Å². The molecule has 5 heteroatoms. The molecule has 0 bridgehead atoms. The van der Waals surface area contributed by atoms with Gasteiger partial charge in [0.1, 0.15) is 17.3 Å². The van der Waals surface area contributed by atoms with Crippen molar-refractivity contribution >= 4 is 21.7 Å². The summed E-state index contributed by atoms with van der Waals surface area (Å²) in [7, 11) is 0. The van der Waals surface area contributed by atoms with Gasteiger partial charge in [-0.3, -0.25) is 4.98 Å². The number of anilines is 1. The molecule has 0 saturated carbocycles. The number of nitrogen functional groups attached to an aromatic ring is 1. The van der Waals surface area contributed by atoms with Gasteiger partial charge in [-0.05, 0) is 28.9 Å². The minimum atomic E-state index is 0.641. The number of halogens is 1. The summed E-state index contributed by atoms with van der Waals surface area (Å²) >= 11 is 3.39. The van der Waals surface area contributed by atoms with Crippen LogP contribution in [0.2, 0.25) is 0 Å². The van der Waals surface area contributed by atoms with E-state index in [-0.39, 0.29) is 0 Å². The van der Waals surface area contributed by atoms with Gasteiger partial charge in [0.05, 0.1) is 0 Å². The van der Waals surface area contributed by atoms with Crippen LogP contribution in [0.4, 0.5) is 5.82 Å². The molecule has 0 unspecified atom stereocenters. The summed E-state index contributed by atoms with van der Waals surface area (Å²) in [5.41, 5.74) is 7.75. The maximum atomic E-state index is 6.08. The summed E-state index contributed by atoms with van der Waals surface area (Å²) in [5, 5.41) is 0. The Hall–Kier alpha value is -1.62. The molecule has 0 aliphatic heterocycles. The second-order valence-corrected chi connectivity index (χ2v) is 4.60. The summed E-state index contributed by atoms with van der Waals surface area (Å²) in [6.07, 6.45) is 5.28. The standard InChI is InChI=1S/C12H13BrN4/c1-3-4-17-8(2)16-11(12(17)14)9-5-10(13)7-15-6-9/h3,5-7H,1,4,14H2,2H3. The Morgan fingerprint density at radius 1 is 1.53 bits per heavy atom. The second-order valence-electron chi connectivity index (χ2n) is 3.68. The maximum absolute atomic E-state index is 6.08. The number of hydrogen-bond donors (Lipinski definition) is 1. The van der Waals surface area contributed by atoms with E-state index in [1.54, 1.807) is 18.5 Å². The van der Waals surface area contributed by atoms with E-state index < -0.39 is 0 Å². The number of hydrogen-bond acceptors (Lipinski definition) is 3. The molecule has 0 aliphatic rings. The van der Waals surface area contributed by atoms with Crippen molar-refractivity contribution in [3.05, 3.63) is 41.4 Å². The topological polar surface area (TPSA) is 56.7 Å². The van der Waals surface area contributed by atoms with Gasteiger partial charge in [-0.2, -0.15) is 0 Å². The Morgan fingerprint density at radius 2 is 2.29 bits per heavy atom. The van der Waals surface area contributed by atoms with E-state index in [2.05, 4.69) is 32.5 Å². The van der Waals surface area contributed by atoms with Gasteiger partial charge >= 0.3 is 0 Å². The molecule has 2 aromatic heterocycles. The van der Waals surface area contributed by atoms with Gasteiger partial charge in [0.2, 0.25) is 0 Å². The molecule has 0 radical (unpaired) electrons. The highest BCUT2D eigenvalue weighted by Crippen LogP contribution is 2.27. The Kier molecular flexibility index (Phi) is 3.28. The summed E-state index contributed by atoms with van der Waals surface area (Å²) < 4.78 is 2.83. The van der Waals surface area contributed by atoms with Crippen molar-refractivity contribution in [1.82, 2.24) is 14.5 Å². The van der Waals surface area contributed by atoms with Gasteiger partial charge in [-0.15, -0.1) is 6.58 Å². The first kappa shape index (κ1) is 11.9. The third-order valence-corrected chi connectivity index (χ3v) is 2.92. The van der Waals surface area contributed by atoms with Gasteiger partial charge in [-0.1, -0.05) is 6.08 Å². The average molecular weight is 293 g/mol. The number of aromatic nitrogens is 3. The zero-order valence-corrected chi connectivity index (χ0v) is 11.1. The minimum absolute atomic E-state index is 0.641. The lowest BCUT2D eigenvalue weighted by atomic mass is 10.2. The highest BCUT2D eigenvalue weighted by Gasteiger charge is 2.13. The minimum Gasteiger partial charge on any atom is -0.383 e. The molecule has 2 aromatic rings. The van der Waals surface area contributed by atoms with Crippen LogP contribution in [0.15, 0.2) is 35.6 Å². The van der Waals surface area contributed by atoms with E-state index in [9.17, 15) is 0 Å². The van der Waals surface area contributed by atoms with Gasteiger partial charge in [0, 0.05) is 29.0 Å². The van der Waals surface area contributed by atoms with Crippen molar-refractivity contribution in [3.8, 4) is 11.3 Å². The van der Waals surface area contributed by atoms with Crippen LogP contribution in [-0.2, 0) is 6.54 Å². The van der Waals surface area contributed by atoms with Gasteiger partial charge in [-0.25, -0.2) is 4.98 Å². The average Bonchev–Trinajstić information content (AvgIpc) is 2.57. The zero-order chi connectivity index (χ0) is 12.4. The molecule has 0 fully saturated rings. The Labute approximate surface area is 108 Å². The van der Waals surface area contributed by atoms with Crippen LogP contribution in [-0.4, -0.2) is 14.5 Å². The maximum Gasteiger partial charge on any atom is 0.132 e. The normalized spacial score (nSPS) is 10.5. The number of nitrogens with two attached hydrogens (primary N) is 1. The summed E-state index contributed by atoms with van der Waals surface area (Å²) in [4.78, 5) is 8.58. The molecule has 0 aromatic carbocycles. The van der Waals surface area contributed by atoms with Gasteiger partial charge in [0.25, 0.3) is 0 Å².